The van der Waals surface area contributed by atoms with Gasteiger partial charge in [-0.3, -0.25) is 9.59 Å². The molecule has 3 heterocycles. The van der Waals surface area contributed by atoms with Gasteiger partial charge < -0.3 is 14.6 Å². The number of rotatable bonds is 7. The van der Waals surface area contributed by atoms with Gasteiger partial charge in [0.25, 0.3) is 11.8 Å². The van der Waals surface area contributed by atoms with Crippen LogP contribution in [0.15, 0.2) is 101 Å². The van der Waals surface area contributed by atoms with Crippen LogP contribution in [0.2, 0.25) is 0 Å². The van der Waals surface area contributed by atoms with E-state index < -0.39 is 6.29 Å². The van der Waals surface area contributed by atoms with Crippen molar-refractivity contribution in [3.05, 3.63) is 125 Å². The zero-order valence-electron chi connectivity index (χ0n) is 23.3. The Labute approximate surface area is 257 Å². The molecule has 0 aliphatic carbocycles. The SMILES string of the molecule is C[C@H]1[C@@H](CSc2nc3ccccc3s2)O[C@@H](c2ccc(N3C(=O)c4ccccc4C3=O)cc2)O[C@H]1c1ccc(CO)cc1. The molecule has 1 aromatic heterocycles. The summed E-state index contributed by atoms with van der Waals surface area (Å²) in [4.78, 5) is 32.0. The summed E-state index contributed by atoms with van der Waals surface area (Å²) in [7, 11) is 0. The Morgan fingerprint density at radius 3 is 2.16 bits per heavy atom. The van der Waals surface area contributed by atoms with Gasteiger partial charge in [-0.1, -0.05) is 79.3 Å². The van der Waals surface area contributed by atoms with Crippen molar-refractivity contribution in [1.29, 1.82) is 0 Å². The highest BCUT2D eigenvalue weighted by Gasteiger charge is 2.39. The molecule has 1 saturated heterocycles. The lowest BCUT2D eigenvalue weighted by atomic mass is 9.91. The average Bonchev–Trinajstić information content (AvgIpc) is 3.58. The lowest BCUT2D eigenvalue weighted by molar-refractivity contribution is -0.268. The summed E-state index contributed by atoms with van der Waals surface area (Å²) >= 11 is 3.36. The molecule has 43 heavy (non-hydrogen) atoms. The van der Waals surface area contributed by atoms with Gasteiger partial charge in [0, 0.05) is 17.2 Å². The van der Waals surface area contributed by atoms with Crippen LogP contribution in [0.4, 0.5) is 5.69 Å². The number of fused-ring (bicyclic) bond motifs is 2. The molecular formula is C34H28N2O5S2. The van der Waals surface area contributed by atoms with E-state index >= 15 is 0 Å². The number of hydrogen-bond donors (Lipinski definition) is 1. The highest BCUT2D eigenvalue weighted by atomic mass is 32.2. The topological polar surface area (TPSA) is 89.0 Å². The fourth-order valence-electron chi connectivity index (χ4n) is 5.58. The molecule has 216 valence electrons. The van der Waals surface area contributed by atoms with Crippen LogP contribution >= 0.6 is 23.1 Å². The third-order valence-electron chi connectivity index (χ3n) is 7.99. The molecule has 0 bridgehead atoms. The number of amides is 2. The Kier molecular flexibility index (Phi) is 7.58. The number of carbonyl (C=O) groups is 2. The molecular weight excluding hydrogens is 581 g/mol. The second kappa shape index (κ2) is 11.7. The van der Waals surface area contributed by atoms with Crippen LogP contribution in [-0.4, -0.2) is 33.8 Å². The standard InChI is InChI=1S/C34H28N2O5S2/c1-20-28(19-42-34-35-27-8-4-5-9-29(27)43-34)40-33(41-30(20)22-12-10-21(18-37)11-13-22)23-14-16-24(17-15-23)36-31(38)25-6-2-3-7-26(25)32(36)39/h2-17,20,28,30,33,37H,18-19H2,1H3/t20-,28+,30+,33+/m0/s1. The highest BCUT2D eigenvalue weighted by molar-refractivity contribution is 8.01. The molecule has 0 unspecified atom stereocenters. The number of thiazole rings is 1. The molecule has 2 aliphatic rings. The number of hydrogen-bond acceptors (Lipinski definition) is 8. The Hall–Kier alpha value is -3.86. The summed E-state index contributed by atoms with van der Waals surface area (Å²) in [6.07, 6.45) is -1.05. The highest BCUT2D eigenvalue weighted by Crippen LogP contribution is 2.44. The fraction of sp³-hybridized carbons (Fsp3) is 0.206. The van der Waals surface area contributed by atoms with Crippen molar-refractivity contribution in [2.24, 2.45) is 5.92 Å². The van der Waals surface area contributed by atoms with Crippen LogP contribution in [0.1, 0.15) is 56.7 Å². The number of anilines is 1. The van der Waals surface area contributed by atoms with Crippen LogP contribution in [0.5, 0.6) is 0 Å². The van der Waals surface area contributed by atoms with Crippen LogP contribution in [0.25, 0.3) is 10.2 Å². The molecule has 2 amide bonds. The Morgan fingerprint density at radius 2 is 1.49 bits per heavy atom. The van der Waals surface area contributed by atoms with E-state index in [4.69, 9.17) is 14.5 Å². The van der Waals surface area contributed by atoms with Gasteiger partial charge in [0.1, 0.15) is 0 Å². The summed E-state index contributed by atoms with van der Waals surface area (Å²) in [6.45, 7) is 2.11. The zero-order chi connectivity index (χ0) is 29.5. The van der Waals surface area contributed by atoms with Crippen molar-refractivity contribution < 1.29 is 24.2 Å². The average molecular weight is 609 g/mol. The first kappa shape index (κ1) is 27.9. The zero-order valence-corrected chi connectivity index (χ0v) is 24.9. The first-order valence-corrected chi connectivity index (χ1v) is 15.9. The third-order valence-corrected chi connectivity index (χ3v) is 10.3. The van der Waals surface area contributed by atoms with Gasteiger partial charge >= 0.3 is 0 Å². The molecule has 7 rings (SSSR count). The van der Waals surface area contributed by atoms with Crippen LogP contribution in [-0.2, 0) is 16.1 Å². The van der Waals surface area contributed by atoms with Crippen molar-refractivity contribution in [2.75, 3.05) is 10.7 Å². The lowest BCUT2D eigenvalue weighted by Gasteiger charge is -2.41. The molecule has 1 N–H and O–H groups in total. The maximum absolute atomic E-state index is 13.0. The largest absolute Gasteiger partial charge is 0.392 e. The number of thioether (sulfide) groups is 1. The van der Waals surface area contributed by atoms with Crippen molar-refractivity contribution in [1.82, 2.24) is 4.98 Å². The summed E-state index contributed by atoms with van der Waals surface area (Å²) < 4.78 is 15.3. The molecule has 5 aromatic rings. The van der Waals surface area contributed by atoms with Gasteiger partial charge in [-0.2, -0.15) is 0 Å². The summed E-state index contributed by atoms with van der Waals surface area (Å²) in [5, 5.41) is 9.53. The summed E-state index contributed by atoms with van der Waals surface area (Å²) in [5.41, 5.74) is 4.95. The van der Waals surface area contributed by atoms with Gasteiger partial charge in [-0.15, -0.1) is 11.3 Å². The number of carbonyl (C=O) groups excluding carboxylic acids is 2. The molecule has 7 nitrogen and oxygen atoms in total. The van der Waals surface area contributed by atoms with Crippen LogP contribution in [0.3, 0.4) is 0 Å². The third kappa shape index (κ3) is 5.28. The van der Waals surface area contributed by atoms with Gasteiger partial charge in [-0.25, -0.2) is 9.88 Å². The van der Waals surface area contributed by atoms with E-state index in [0.29, 0.717) is 22.6 Å². The van der Waals surface area contributed by atoms with Crippen LogP contribution < -0.4 is 4.90 Å². The van der Waals surface area contributed by atoms with Crippen LogP contribution in [0, 0.1) is 5.92 Å². The lowest BCUT2D eigenvalue weighted by Crippen LogP contribution is -2.38. The minimum Gasteiger partial charge on any atom is -0.392 e. The molecule has 0 spiro atoms. The predicted molar refractivity (Wildman–Crippen MR) is 167 cm³/mol. The van der Waals surface area contributed by atoms with E-state index in [2.05, 4.69) is 13.0 Å². The number of aliphatic hydroxyl groups excluding tert-OH is 1. The second-order valence-electron chi connectivity index (χ2n) is 10.7. The molecule has 0 saturated carbocycles. The number of ether oxygens (including phenoxy) is 2. The molecule has 9 heteroatoms. The van der Waals surface area contributed by atoms with E-state index in [0.717, 1.165) is 31.2 Å². The number of nitrogens with zero attached hydrogens (tertiary/aromatic N) is 2. The van der Waals surface area contributed by atoms with E-state index in [9.17, 15) is 14.7 Å². The van der Waals surface area contributed by atoms with Gasteiger partial charge in [-0.05, 0) is 47.5 Å². The van der Waals surface area contributed by atoms with Gasteiger partial charge in [0.15, 0.2) is 10.6 Å². The second-order valence-corrected chi connectivity index (χ2v) is 13.0. The van der Waals surface area contributed by atoms with Gasteiger partial charge in [0.05, 0.1) is 45.8 Å². The maximum atomic E-state index is 13.0. The van der Waals surface area contributed by atoms with Crippen molar-refractivity contribution in [2.45, 2.75) is 36.4 Å². The first-order chi connectivity index (χ1) is 21.0. The fourth-order valence-corrected chi connectivity index (χ4v) is 7.84. The monoisotopic (exact) mass is 608 g/mol. The van der Waals surface area contributed by atoms with Crippen molar-refractivity contribution in [3.63, 3.8) is 0 Å². The molecule has 4 aromatic carbocycles. The normalized spacial score (nSPS) is 21.9. The first-order valence-electron chi connectivity index (χ1n) is 14.1. The number of para-hydroxylation sites is 1. The number of imide groups is 1. The number of aromatic nitrogens is 1. The molecule has 0 radical (unpaired) electrons. The number of benzene rings is 4. The quantitative estimate of drug-likeness (QED) is 0.155. The van der Waals surface area contributed by atoms with E-state index in [1.54, 1.807) is 59.5 Å². The smallest absolute Gasteiger partial charge is 0.266 e. The molecule has 2 aliphatic heterocycles. The Morgan fingerprint density at radius 1 is 0.837 bits per heavy atom. The predicted octanol–water partition coefficient (Wildman–Crippen LogP) is 7.17. The minimum atomic E-state index is -0.657. The van der Waals surface area contributed by atoms with Crippen molar-refractivity contribution in [3.8, 4) is 0 Å². The number of aliphatic hydroxyl groups is 1. The van der Waals surface area contributed by atoms with E-state index in [1.165, 1.54) is 4.90 Å². The van der Waals surface area contributed by atoms with E-state index in [1.807, 2.05) is 54.6 Å². The van der Waals surface area contributed by atoms with Gasteiger partial charge in [0.2, 0.25) is 0 Å². The molecule has 1 fully saturated rings. The summed E-state index contributed by atoms with van der Waals surface area (Å²) in [5.74, 6) is 0.0752. The van der Waals surface area contributed by atoms with Crippen molar-refractivity contribution >= 4 is 50.8 Å². The minimum absolute atomic E-state index is 0.0199. The summed E-state index contributed by atoms with van der Waals surface area (Å²) in [6, 6.07) is 30.0. The maximum Gasteiger partial charge on any atom is 0.266 e. The van der Waals surface area contributed by atoms with E-state index in [-0.39, 0.29) is 36.5 Å². The molecule has 4 atom stereocenters. The Bertz CT molecular complexity index is 1740. The Balaban J connectivity index is 1.14.